The van der Waals surface area contributed by atoms with Crippen LogP contribution in [0, 0.1) is 5.92 Å². The number of amides is 1. The van der Waals surface area contributed by atoms with E-state index in [-0.39, 0.29) is 12.5 Å². The maximum atomic E-state index is 12.4. The van der Waals surface area contributed by atoms with Gasteiger partial charge in [0.2, 0.25) is 5.91 Å². The van der Waals surface area contributed by atoms with Gasteiger partial charge in [0.25, 0.3) is 0 Å². The second kappa shape index (κ2) is 6.95. The maximum Gasteiger partial charge on any atom is 0.435 e. The molecule has 1 aromatic heterocycles. The van der Waals surface area contributed by atoms with Crippen LogP contribution in [0.2, 0.25) is 0 Å². The third kappa shape index (κ3) is 5.06. The first-order valence-corrected chi connectivity index (χ1v) is 7.32. The van der Waals surface area contributed by atoms with Crippen molar-refractivity contribution in [1.29, 1.82) is 0 Å². The zero-order valence-electron chi connectivity index (χ0n) is 11.8. The Morgan fingerprint density at radius 2 is 2.10 bits per heavy atom. The Morgan fingerprint density at radius 3 is 2.71 bits per heavy atom. The molecule has 4 nitrogen and oxygen atoms in total. The van der Waals surface area contributed by atoms with Gasteiger partial charge in [-0.3, -0.25) is 9.48 Å². The summed E-state index contributed by atoms with van der Waals surface area (Å²) in [6.07, 6.45) is 3.89. The lowest BCUT2D eigenvalue weighted by atomic mass is 10.0. The van der Waals surface area contributed by atoms with Gasteiger partial charge in [-0.15, -0.1) is 0 Å². The first kappa shape index (κ1) is 15.9. The lowest BCUT2D eigenvalue weighted by Gasteiger charge is -2.09. The average Bonchev–Trinajstić information content (AvgIpc) is 3.04. The fraction of sp³-hybridized carbons (Fsp3) is 0.714. The van der Waals surface area contributed by atoms with Gasteiger partial charge in [0.15, 0.2) is 5.69 Å². The van der Waals surface area contributed by atoms with Gasteiger partial charge in [-0.2, -0.15) is 18.3 Å². The van der Waals surface area contributed by atoms with Crippen LogP contribution in [0.3, 0.4) is 0 Å². The van der Waals surface area contributed by atoms with Crippen LogP contribution in [0.1, 0.15) is 44.2 Å². The molecule has 1 heterocycles. The highest BCUT2D eigenvalue weighted by Gasteiger charge is 2.33. The number of hydrogen-bond donors (Lipinski definition) is 1. The Bertz CT molecular complexity index is 464. The summed E-state index contributed by atoms with van der Waals surface area (Å²) in [7, 11) is 0. The Kier molecular flexibility index (Phi) is 5.25. The molecule has 1 amide bonds. The van der Waals surface area contributed by atoms with Crippen LogP contribution in [-0.4, -0.2) is 22.2 Å². The van der Waals surface area contributed by atoms with Crippen molar-refractivity contribution in [2.24, 2.45) is 5.92 Å². The zero-order chi connectivity index (χ0) is 15.3. The summed E-state index contributed by atoms with van der Waals surface area (Å²) in [5.74, 6) is 0.473. The molecule has 1 aromatic rings. The predicted octanol–water partition coefficient (Wildman–Crippen LogP) is 2.99. The lowest BCUT2D eigenvalue weighted by Crippen LogP contribution is -2.29. The van der Waals surface area contributed by atoms with E-state index >= 15 is 0 Å². The van der Waals surface area contributed by atoms with Crippen molar-refractivity contribution in [2.45, 2.75) is 51.2 Å². The number of hydrogen-bond acceptors (Lipinski definition) is 2. The van der Waals surface area contributed by atoms with E-state index in [4.69, 9.17) is 0 Å². The second-order valence-corrected chi connectivity index (χ2v) is 5.54. The van der Waals surface area contributed by atoms with Crippen LogP contribution in [0.4, 0.5) is 13.2 Å². The molecule has 1 fully saturated rings. The molecule has 1 aliphatic rings. The summed E-state index contributed by atoms with van der Waals surface area (Å²) < 4.78 is 38.1. The molecule has 0 saturated heterocycles. The Labute approximate surface area is 121 Å². The SMILES string of the molecule is O=C(Cn1ccc(C(F)(F)F)n1)NCCCC1CCCC1. The quantitative estimate of drug-likeness (QED) is 0.821. The van der Waals surface area contributed by atoms with Gasteiger partial charge >= 0.3 is 6.18 Å². The first-order chi connectivity index (χ1) is 9.95. The Morgan fingerprint density at radius 1 is 1.38 bits per heavy atom. The fourth-order valence-corrected chi connectivity index (χ4v) is 2.72. The molecule has 0 bridgehead atoms. The van der Waals surface area contributed by atoms with E-state index in [1.807, 2.05) is 0 Å². The minimum absolute atomic E-state index is 0.181. The standard InChI is InChI=1S/C14H20F3N3O/c15-14(16,17)12-7-9-20(19-12)10-13(21)18-8-3-6-11-4-1-2-5-11/h7,9,11H,1-6,8,10H2,(H,18,21). The smallest absolute Gasteiger partial charge is 0.354 e. The number of rotatable bonds is 6. The summed E-state index contributed by atoms with van der Waals surface area (Å²) >= 11 is 0. The summed E-state index contributed by atoms with van der Waals surface area (Å²) in [6.45, 7) is 0.391. The van der Waals surface area contributed by atoms with E-state index < -0.39 is 11.9 Å². The van der Waals surface area contributed by atoms with E-state index in [2.05, 4.69) is 10.4 Å². The van der Waals surface area contributed by atoms with Crippen molar-refractivity contribution in [3.63, 3.8) is 0 Å². The van der Waals surface area contributed by atoms with Crippen molar-refractivity contribution >= 4 is 5.91 Å². The molecule has 0 radical (unpaired) electrons. The zero-order valence-corrected chi connectivity index (χ0v) is 11.8. The minimum Gasteiger partial charge on any atom is -0.354 e. The molecular formula is C14H20F3N3O. The van der Waals surface area contributed by atoms with Crippen molar-refractivity contribution in [2.75, 3.05) is 6.54 Å². The third-order valence-electron chi connectivity index (χ3n) is 3.82. The molecule has 1 aliphatic carbocycles. The topological polar surface area (TPSA) is 46.9 Å². The summed E-state index contributed by atoms with van der Waals surface area (Å²) in [6, 6.07) is 0.868. The second-order valence-electron chi connectivity index (χ2n) is 5.54. The van der Waals surface area contributed by atoms with Crippen LogP contribution >= 0.6 is 0 Å². The molecule has 2 rings (SSSR count). The first-order valence-electron chi connectivity index (χ1n) is 7.32. The normalized spacial score (nSPS) is 16.3. The highest BCUT2D eigenvalue weighted by molar-refractivity contribution is 5.75. The van der Waals surface area contributed by atoms with Crippen molar-refractivity contribution < 1.29 is 18.0 Å². The predicted molar refractivity (Wildman–Crippen MR) is 71.4 cm³/mol. The van der Waals surface area contributed by atoms with E-state index in [0.29, 0.717) is 6.54 Å². The van der Waals surface area contributed by atoms with E-state index in [1.54, 1.807) is 0 Å². The van der Waals surface area contributed by atoms with Crippen molar-refractivity contribution in [1.82, 2.24) is 15.1 Å². The van der Waals surface area contributed by atoms with Crippen molar-refractivity contribution in [3.05, 3.63) is 18.0 Å². The van der Waals surface area contributed by atoms with Crippen LogP contribution in [0.25, 0.3) is 0 Å². The maximum absolute atomic E-state index is 12.4. The molecular weight excluding hydrogens is 283 g/mol. The Balaban J connectivity index is 1.66. The molecule has 0 aromatic carbocycles. The van der Waals surface area contributed by atoms with Gasteiger partial charge in [0.05, 0.1) is 0 Å². The third-order valence-corrected chi connectivity index (χ3v) is 3.82. The van der Waals surface area contributed by atoms with Crippen LogP contribution in [0.15, 0.2) is 12.3 Å². The van der Waals surface area contributed by atoms with Gasteiger partial charge in [-0.05, 0) is 24.8 Å². The molecule has 7 heteroatoms. The number of carbonyl (C=O) groups is 1. The molecule has 1 saturated carbocycles. The van der Waals surface area contributed by atoms with E-state index in [9.17, 15) is 18.0 Å². The highest BCUT2D eigenvalue weighted by Crippen LogP contribution is 2.28. The largest absolute Gasteiger partial charge is 0.435 e. The van der Waals surface area contributed by atoms with E-state index in [1.165, 1.54) is 31.9 Å². The number of carbonyl (C=O) groups excluding carboxylic acids is 1. The van der Waals surface area contributed by atoms with Crippen LogP contribution in [0.5, 0.6) is 0 Å². The number of halogens is 3. The molecule has 118 valence electrons. The van der Waals surface area contributed by atoms with Crippen molar-refractivity contribution in [3.8, 4) is 0 Å². The number of aromatic nitrogens is 2. The fourth-order valence-electron chi connectivity index (χ4n) is 2.72. The summed E-state index contributed by atoms with van der Waals surface area (Å²) in [5.41, 5.74) is -0.975. The van der Waals surface area contributed by atoms with Gasteiger partial charge < -0.3 is 5.32 Å². The molecule has 0 spiro atoms. The van der Waals surface area contributed by atoms with Gasteiger partial charge in [0.1, 0.15) is 6.54 Å². The Hall–Kier alpha value is -1.53. The van der Waals surface area contributed by atoms with Gasteiger partial charge in [-0.1, -0.05) is 25.7 Å². The van der Waals surface area contributed by atoms with E-state index in [0.717, 1.165) is 29.5 Å². The van der Waals surface area contributed by atoms with Crippen LogP contribution < -0.4 is 5.32 Å². The number of nitrogens with zero attached hydrogens (tertiary/aromatic N) is 2. The lowest BCUT2D eigenvalue weighted by molar-refractivity contribution is -0.141. The van der Waals surface area contributed by atoms with Crippen LogP contribution in [-0.2, 0) is 17.5 Å². The molecule has 21 heavy (non-hydrogen) atoms. The minimum atomic E-state index is -4.47. The number of nitrogens with one attached hydrogen (secondary N) is 1. The number of alkyl halides is 3. The molecule has 0 unspecified atom stereocenters. The molecule has 1 N–H and O–H groups in total. The summed E-state index contributed by atoms with van der Waals surface area (Å²) in [4.78, 5) is 11.6. The monoisotopic (exact) mass is 303 g/mol. The molecule has 0 aliphatic heterocycles. The van der Waals surface area contributed by atoms with Gasteiger partial charge in [-0.25, -0.2) is 0 Å². The van der Waals surface area contributed by atoms with Gasteiger partial charge in [0, 0.05) is 12.7 Å². The molecule has 0 atom stereocenters. The average molecular weight is 303 g/mol. The summed E-state index contributed by atoms with van der Waals surface area (Å²) in [5, 5.41) is 6.07. The highest BCUT2D eigenvalue weighted by atomic mass is 19.4.